The monoisotopic (exact) mass is 307 g/mol. The molecule has 0 aromatic heterocycles. The van der Waals surface area contributed by atoms with E-state index in [0.29, 0.717) is 6.54 Å². The molecule has 18 heavy (non-hydrogen) atoms. The molecule has 1 atom stereocenters. The normalized spacial score (nSPS) is 12.4. The third kappa shape index (κ3) is 3.40. The summed E-state index contributed by atoms with van der Waals surface area (Å²) in [5.41, 5.74) is 7.97. The summed E-state index contributed by atoms with van der Waals surface area (Å²) in [6, 6.07) is 14.8. The molecule has 1 unspecified atom stereocenters. The van der Waals surface area contributed by atoms with Crippen LogP contribution in [0, 0.1) is 5.82 Å². The van der Waals surface area contributed by atoms with E-state index >= 15 is 0 Å². The summed E-state index contributed by atoms with van der Waals surface area (Å²) in [5, 5.41) is 0. The van der Waals surface area contributed by atoms with Crippen LogP contribution in [0.15, 0.2) is 53.0 Å². The molecule has 0 fully saturated rings. The topological polar surface area (TPSA) is 26.0 Å². The zero-order valence-corrected chi connectivity index (χ0v) is 11.5. The summed E-state index contributed by atoms with van der Waals surface area (Å²) in [6.07, 6.45) is 0.827. The number of halogens is 2. The second kappa shape index (κ2) is 6.12. The Labute approximate surface area is 115 Å². The van der Waals surface area contributed by atoms with Gasteiger partial charge in [0.25, 0.3) is 0 Å². The first kappa shape index (κ1) is 13.2. The smallest absolute Gasteiger partial charge is 0.123 e. The van der Waals surface area contributed by atoms with Gasteiger partial charge in [0.2, 0.25) is 0 Å². The molecule has 0 bridgehead atoms. The van der Waals surface area contributed by atoms with Gasteiger partial charge < -0.3 is 5.73 Å². The standard InChI is InChI=1S/C15H15BrFN/c16-14-6-4-11(5-7-14)8-13(10-18)12-2-1-3-15(17)9-12/h1-7,9,13H,8,10,18H2. The maximum atomic E-state index is 13.2. The van der Waals surface area contributed by atoms with Crippen LogP contribution < -0.4 is 5.73 Å². The number of hydrogen-bond donors (Lipinski definition) is 1. The van der Waals surface area contributed by atoms with Gasteiger partial charge in [-0.1, -0.05) is 40.2 Å². The van der Waals surface area contributed by atoms with Crippen LogP contribution in [0.25, 0.3) is 0 Å². The number of hydrogen-bond acceptors (Lipinski definition) is 1. The van der Waals surface area contributed by atoms with Gasteiger partial charge in [-0.15, -0.1) is 0 Å². The summed E-state index contributed by atoms with van der Waals surface area (Å²) in [6.45, 7) is 0.513. The molecular weight excluding hydrogens is 293 g/mol. The van der Waals surface area contributed by atoms with Gasteiger partial charge in [-0.25, -0.2) is 4.39 Å². The van der Waals surface area contributed by atoms with Gasteiger partial charge in [-0.05, 0) is 48.4 Å². The highest BCUT2D eigenvalue weighted by atomic mass is 79.9. The van der Waals surface area contributed by atoms with E-state index in [1.165, 1.54) is 11.6 Å². The van der Waals surface area contributed by atoms with Crippen molar-refractivity contribution in [1.29, 1.82) is 0 Å². The molecule has 1 nitrogen and oxygen atoms in total. The predicted octanol–water partition coefficient (Wildman–Crippen LogP) is 3.87. The Morgan fingerprint density at radius 2 is 1.83 bits per heavy atom. The number of rotatable bonds is 4. The maximum Gasteiger partial charge on any atom is 0.123 e. The molecule has 0 aliphatic carbocycles. The Bertz CT molecular complexity index is 510. The lowest BCUT2D eigenvalue weighted by Crippen LogP contribution is -2.15. The predicted molar refractivity (Wildman–Crippen MR) is 76.0 cm³/mol. The quantitative estimate of drug-likeness (QED) is 0.911. The van der Waals surface area contributed by atoms with E-state index in [9.17, 15) is 4.39 Å². The van der Waals surface area contributed by atoms with Crippen molar-refractivity contribution >= 4 is 15.9 Å². The van der Waals surface area contributed by atoms with E-state index < -0.39 is 0 Å². The summed E-state index contributed by atoms with van der Waals surface area (Å²) < 4.78 is 14.3. The lowest BCUT2D eigenvalue weighted by atomic mass is 9.92. The highest BCUT2D eigenvalue weighted by Gasteiger charge is 2.11. The molecule has 0 saturated carbocycles. The van der Waals surface area contributed by atoms with E-state index in [4.69, 9.17) is 5.73 Å². The van der Waals surface area contributed by atoms with Gasteiger partial charge in [0, 0.05) is 10.4 Å². The first-order valence-corrected chi connectivity index (χ1v) is 6.68. The molecule has 2 N–H and O–H groups in total. The fourth-order valence-electron chi connectivity index (χ4n) is 2.00. The lowest BCUT2D eigenvalue weighted by molar-refractivity contribution is 0.616. The number of nitrogens with two attached hydrogens (primary N) is 1. The minimum absolute atomic E-state index is 0.155. The molecule has 0 radical (unpaired) electrons. The fourth-order valence-corrected chi connectivity index (χ4v) is 2.27. The fraction of sp³-hybridized carbons (Fsp3) is 0.200. The molecule has 2 aromatic rings. The second-order valence-electron chi connectivity index (χ2n) is 4.32. The Balaban J connectivity index is 2.17. The molecule has 0 aliphatic rings. The summed E-state index contributed by atoms with van der Waals surface area (Å²) >= 11 is 3.41. The summed E-state index contributed by atoms with van der Waals surface area (Å²) in [4.78, 5) is 0. The van der Waals surface area contributed by atoms with Crippen LogP contribution in [0.4, 0.5) is 4.39 Å². The van der Waals surface area contributed by atoms with Gasteiger partial charge in [0.15, 0.2) is 0 Å². The Morgan fingerprint density at radius 3 is 2.44 bits per heavy atom. The Morgan fingerprint density at radius 1 is 1.11 bits per heavy atom. The SMILES string of the molecule is NCC(Cc1ccc(Br)cc1)c1cccc(F)c1. The van der Waals surface area contributed by atoms with Crippen LogP contribution >= 0.6 is 15.9 Å². The zero-order chi connectivity index (χ0) is 13.0. The Hall–Kier alpha value is -1.19. The van der Waals surface area contributed by atoms with E-state index in [1.54, 1.807) is 12.1 Å². The van der Waals surface area contributed by atoms with Gasteiger partial charge >= 0.3 is 0 Å². The van der Waals surface area contributed by atoms with E-state index in [1.807, 2.05) is 18.2 Å². The van der Waals surface area contributed by atoms with Crippen molar-refractivity contribution in [1.82, 2.24) is 0 Å². The molecule has 0 heterocycles. The highest BCUT2D eigenvalue weighted by molar-refractivity contribution is 9.10. The molecule has 94 valence electrons. The molecule has 2 rings (SSSR count). The Kier molecular flexibility index (Phi) is 4.50. The van der Waals surface area contributed by atoms with Gasteiger partial charge in [-0.3, -0.25) is 0 Å². The van der Waals surface area contributed by atoms with Crippen molar-refractivity contribution in [2.75, 3.05) is 6.54 Å². The van der Waals surface area contributed by atoms with Gasteiger partial charge in [-0.2, -0.15) is 0 Å². The third-order valence-corrected chi connectivity index (χ3v) is 3.53. The molecule has 0 saturated heterocycles. The van der Waals surface area contributed by atoms with Crippen molar-refractivity contribution in [3.05, 3.63) is 69.9 Å². The summed E-state index contributed by atoms with van der Waals surface area (Å²) in [7, 11) is 0. The first-order valence-electron chi connectivity index (χ1n) is 5.89. The van der Waals surface area contributed by atoms with E-state index in [0.717, 1.165) is 16.5 Å². The molecule has 0 aliphatic heterocycles. The maximum absolute atomic E-state index is 13.2. The first-order chi connectivity index (χ1) is 8.69. The second-order valence-corrected chi connectivity index (χ2v) is 5.23. The summed E-state index contributed by atoms with van der Waals surface area (Å²) in [5.74, 6) is -0.0522. The molecule has 2 aromatic carbocycles. The van der Waals surface area contributed by atoms with Gasteiger partial charge in [0.05, 0.1) is 0 Å². The van der Waals surface area contributed by atoms with Crippen LogP contribution in [-0.4, -0.2) is 6.54 Å². The highest BCUT2D eigenvalue weighted by Crippen LogP contribution is 2.21. The minimum atomic E-state index is -0.207. The molecule has 0 amide bonds. The van der Waals surface area contributed by atoms with Crippen molar-refractivity contribution in [3.63, 3.8) is 0 Å². The van der Waals surface area contributed by atoms with Gasteiger partial charge in [0.1, 0.15) is 5.82 Å². The minimum Gasteiger partial charge on any atom is -0.330 e. The molecule has 0 spiro atoms. The van der Waals surface area contributed by atoms with Crippen molar-refractivity contribution in [2.24, 2.45) is 5.73 Å². The molecular formula is C15H15BrFN. The zero-order valence-electron chi connectivity index (χ0n) is 9.94. The third-order valence-electron chi connectivity index (χ3n) is 3.00. The van der Waals surface area contributed by atoms with Crippen molar-refractivity contribution in [3.8, 4) is 0 Å². The average Bonchev–Trinajstić information content (AvgIpc) is 2.38. The largest absolute Gasteiger partial charge is 0.330 e. The average molecular weight is 308 g/mol. The van der Waals surface area contributed by atoms with Crippen LogP contribution in [0.3, 0.4) is 0 Å². The van der Waals surface area contributed by atoms with Crippen LogP contribution in [0.1, 0.15) is 17.0 Å². The molecule has 3 heteroatoms. The van der Waals surface area contributed by atoms with Crippen molar-refractivity contribution < 1.29 is 4.39 Å². The van der Waals surface area contributed by atoms with Crippen LogP contribution in [0.2, 0.25) is 0 Å². The van der Waals surface area contributed by atoms with E-state index in [-0.39, 0.29) is 11.7 Å². The van der Waals surface area contributed by atoms with Crippen LogP contribution in [0.5, 0.6) is 0 Å². The number of benzene rings is 2. The van der Waals surface area contributed by atoms with Crippen molar-refractivity contribution in [2.45, 2.75) is 12.3 Å². The lowest BCUT2D eigenvalue weighted by Gasteiger charge is -2.15. The van der Waals surface area contributed by atoms with E-state index in [2.05, 4.69) is 28.1 Å². The van der Waals surface area contributed by atoms with Crippen LogP contribution in [-0.2, 0) is 6.42 Å².